The van der Waals surface area contributed by atoms with Gasteiger partial charge in [-0.1, -0.05) is 38.1 Å². The number of amides is 1. The second-order valence-corrected chi connectivity index (χ2v) is 6.28. The van der Waals surface area contributed by atoms with Crippen LogP contribution in [0.25, 0.3) is 0 Å². The van der Waals surface area contributed by atoms with Gasteiger partial charge in [0.05, 0.1) is 0 Å². The van der Waals surface area contributed by atoms with E-state index in [-0.39, 0.29) is 5.97 Å². The number of hydrogen-bond donors (Lipinski definition) is 1. The van der Waals surface area contributed by atoms with Crippen LogP contribution in [-0.4, -0.2) is 11.9 Å². The van der Waals surface area contributed by atoms with Crippen LogP contribution < -0.4 is 10.5 Å². The molecule has 0 unspecified atom stereocenters. The summed E-state index contributed by atoms with van der Waals surface area (Å²) < 4.78 is 5.26. The molecule has 24 heavy (non-hydrogen) atoms. The zero-order valence-electron chi connectivity index (χ0n) is 14.1. The quantitative estimate of drug-likeness (QED) is 0.625. The van der Waals surface area contributed by atoms with Crippen molar-refractivity contribution >= 4 is 11.9 Å². The van der Waals surface area contributed by atoms with Crippen LogP contribution in [0, 0.1) is 5.92 Å². The fraction of sp³-hybridized carbons (Fsp3) is 0.300. The summed E-state index contributed by atoms with van der Waals surface area (Å²) in [5.41, 5.74) is 7.98. The first kappa shape index (κ1) is 17.7. The highest BCUT2D eigenvalue weighted by molar-refractivity contribution is 5.92. The van der Waals surface area contributed by atoms with Crippen molar-refractivity contribution in [1.29, 1.82) is 0 Å². The maximum atomic E-state index is 11.9. The Balaban J connectivity index is 1.83. The molecule has 126 valence electrons. The summed E-state index contributed by atoms with van der Waals surface area (Å²) in [4.78, 5) is 22.9. The molecule has 0 atom stereocenters. The second kappa shape index (κ2) is 8.29. The molecule has 0 aromatic heterocycles. The maximum absolute atomic E-state index is 11.9. The summed E-state index contributed by atoms with van der Waals surface area (Å²) >= 11 is 0. The van der Waals surface area contributed by atoms with Crippen LogP contribution in [0.1, 0.15) is 41.8 Å². The summed E-state index contributed by atoms with van der Waals surface area (Å²) in [5, 5.41) is 0. The molecule has 0 saturated heterocycles. The second-order valence-electron chi connectivity index (χ2n) is 6.28. The third-order valence-corrected chi connectivity index (χ3v) is 3.66. The van der Waals surface area contributed by atoms with Gasteiger partial charge in [-0.25, -0.2) is 0 Å². The van der Waals surface area contributed by atoms with E-state index in [1.165, 1.54) is 5.56 Å². The molecular weight excluding hydrogens is 302 g/mol. The molecule has 4 nitrogen and oxygen atoms in total. The molecule has 2 N–H and O–H groups in total. The lowest BCUT2D eigenvalue weighted by molar-refractivity contribution is -0.134. The summed E-state index contributed by atoms with van der Waals surface area (Å²) in [5.74, 6) is 0.242. The van der Waals surface area contributed by atoms with Crippen molar-refractivity contribution < 1.29 is 14.3 Å². The Morgan fingerprint density at radius 1 is 0.958 bits per heavy atom. The Bertz CT molecular complexity index is 688. The number of ether oxygens (including phenoxy) is 1. The Labute approximate surface area is 142 Å². The largest absolute Gasteiger partial charge is 0.427 e. The molecule has 0 aliphatic heterocycles. The molecule has 4 heteroatoms. The average molecular weight is 325 g/mol. The van der Waals surface area contributed by atoms with Crippen molar-refractivity contribution in [1.82, 2.24) is 0 Å². The topological polar surface area (TPSA) is 69.4 Å². The van der Waals surface area contributed by atoms with Gasteiger partial charge in [-0.15, -0.1) is 0 Å². The minimum absolute atomic E-state index is 0.298. The smallest absolute Gasteiger partial charge is 0.311 e. The lowest BCUT2D eigenvalue weighted by Gasteiger charge is -2.07. The van der Waals surface area contributed by atoms with Gasteiger partial charge in [0.1, 0.15) is 5.75 Å². The fourth-order valence-electron chi connectivity index (χ4n) is 2.43. The van der Waals surface area contributed by atoms with Crippen LogP contribution in [0.3, 0.4) is 0 Å². The van der Waals surface area contributed by atoms with Crippen molar-refractivity contribution in [3.63, 3.8) is 0 Å². The van der Waals surface area contributed by atoms with Crippen LogP contribution in [-0.2, 0) is 17.6 Å². The minimum Gasteiger partial charge on any atom is -0.427 e. The van der Waals surface area contributed by atoms with Crippen molar-refractivity contribution in [2.75, 3.05) is 0 Å². The highest BCUT2D eigenvalue weighted by Gasteiger charge is 2.07. The van der Waals surface area contributed by atoms with Gasteiger partial charge in [0.25, 0.3) is 0 Å². The minimum atomic E-state index is -0.506. The van der Waals surface area contributed by atoms with Crippen LogP contribution in [0.4, 0.5) is 0 Å². The zero-order chi connectivity index (χ0) is 17.5. The number of carbonyl (C=O) groups excluding carboxylic acids is 2. The zero-order valence-corrected chi connectivity index (χ0v) is 14.1. The molecule has 0 bridgehead atoms. The van der Waals surface area contributed by atoms with Crippen molar-refractivity contribution in [2.45, 2.75) is 33.1 Å². The first-order valence-electron chi connectivity index (χ1n) is 8.12. The first-order valence-corrected chi connectivity index (χ1v) is 8.12. The third kappa shape index (κ3) is 5.54. The van der Waals surface area contributed by atoms with E-state index in [9.17, 15) is 9.59 Å². The number of carbonyl (C=O) groups is 2. The SMILES string of the molecule is CC(C)Cc1ccc(CCC(=O)Oc2ccc(C(N)=O)cc2)cc1. The molecule has 0 fully saturated rings. The van der Waals surface area contributed by atoms with Gasteiger partial charge >= 0.3 is 5.97 Å². The Kier molecular flexibility index (Phi) is 6.13. The molecule has 0 heterocycles. The van der Waals surface area contributed by atoms with E-state index in [1.807, 2.05) is 0 Å². The number of hydrogen-bond acceptors (Lipinski definition) is 3. The normalized spacial score (nSPS) is 10.6. The van der Waals surface area contributed by atoms with E-state index in [2.05, 4.69) is 38.1 Å². The van der Waals surface area contributed by atoms with Gasteiger partial charge in [0, 0.05) is 12.0 Å². The van der Waals surface area contributed by atoms with E-state index >= 15 is 0 Å². The molecular formula is C20H23NO3. The summed E-state index contributed by atoms with van der Waals surface area (Å²) in [6.45, 7) is 4.39. The van der Waals surface area contributed by atoms with Gasteiger partial charge in [-0.05, 0) is 54.2 Å². The van der Waals surface area contributed by atoms with Crippen molar-refractivity contribution in [3.8, 4) is 5.75 Å². The predicted octanol–water partition coefficient (Wildman–Crippen LogP) is 3.52. The predicted molar refractivity (Wildman–Crippen MR) is 93.9 cm³/mol. The molecule has 2 aromatic carbocycles. The monoisotopic (exact) mass is 325 g/mol. The lowest BCUT2D eigenvalue weighted by Crippen LogP contribution is -2.11. The molecule has 0 saturated carbocycles. The van der Waals surface area contributed by atoms with Crippen LogP contribution in [0.2, 0.25) is 0 Å². The van der Waals surface area contributed by atoms with E-state index in [0.717, 1.165) is 12.0 Å². The van der Waals surface area contributed by atoms with E-state index < -0.39 is 5.91 Å². The van der Waals surface area contributed by atoms with Gasteiger partial charge in [0.2, 0.25) is 5.91 Å². The van der Waals surface area contributed by atoms with Crippen LogP contribution in [0.15, 0.2) is 48.5 Å². The average Bonchev–Trinajstić information content (AvgIpc) is 2.54. The number of aryl methyl sites for hydroxylation is 1. The summed E-state index contributed by atoms with van der Waals surface area (Å²) in [6.07, 6.45) is 2.00. The van der Waals surface area contributed by atoms with Crippen LogP contribution in [0.5, 0.6) is 5.75 Å². The Morgan fingerprint density at radius 3 is 2.08 bits per heavy atom. The van der Waals surface area contributed by atoms with Crippen LogP contribution >= 0.6 is 0 Å². The van der Waals surface area contributed by atoms with E-state index in [4.69, 9.17) is 10.5 Å². The van der Waals surface area contributed by atoms with E-state index in [0.29, 0.717) is 30.1 Å². The highest BCUT2D eigenvalue weighted by atomic mass is 16.5. The molecule has 0 spiro atoms. The fourth-order valence-corrected chi connectivity index (χ4v) is 2.43. The highest BCUT2D eigenvalue weighted by Crippen LogP contribution is 2.14. The number of primary amides is 1. The van der Waals surface area contributed by atoms with Gasteiger partial charge in [0.15, 0.2) is 0 Å². The molecule has 1 amide bonds. The number of rotatable bonds is 7. The Morgan fingerprint density at radius 2 is 1.54 bits per heavy atom. The lowest BCUT2D eigenvalue weighted by atomic mass is 10.0. The number of nitrogens with two attached hydrogens (primary N) is 1. The summed E-state index contributed by atoms with van der Waals surface area (Å²) in [7, 11) is 0. The van der Waals surface area contributed by atoms with Crippen molar-refractivity contribution in [3.05, 3.63) is 65.2 Å². The molecule has 2 aromatic rings. The molecule has 0 aliphatic carbocycles. The molecule has 0 aliphatic rings. The number of benzene rings is 2. The van der Waals surface area contributed by atoms with Gasteiger partial charge in [-0.3, -0.25) is 9.59 Å². The summed E-state index contributed by atoms with van der Waals surface area (Å²) in [6, 6.07) is 14.6. The number of esters is 1. The van der Waals surface area contributed by atoms with Gasteiger partial charge in [-0.2, -0.15) is 0 Å². The standard InChI is InChI=1S/C20H23NO3/c1-14(2)13-16-5-3-15(4-6-16)7-12-19(22)24-18-10-8-17(9-11-18)20(21)23/h3-6,8-11,14H,7,12-13H2,1-2H3,(H2,21,23). The third-order valence-electron chi connectivity index (χ3n) is 3.66. The van der Waals surface area contributed by atoms with E-state index in [1.54, 1.807) is 24.3 Å². The van der Waals surface area contributed by atoms with Crippen molar-refractivity contribution in [2.24, 2.45) is 11.7 Å². The molecule has 0 radical (unpaired) electrons. The first-order chi connectivity index (χ1) is 11.4. The molecule has 2 rings (SSSR count). The van der Waals surface area contributed by atoms with Gasteiger partial charge < -0.3 is 10.5 Å². The maximum Gasteiger partial charge on any atom is 0.311 e. The Hall–Kier alpha value is -2.62.